The quantitative estimate of drug-likeness (QED) is 0.414. The highest BCUT2D eigenvalue weighted by atomic mass is 19.4. The summed E-state index contributed by atoms with van der Waals surface area (Å²) in [6.07, 6.45) is 4.17. The number of alkyl halides is 3. The number of hydrogen-bond acceptors (Lipinski definition) is 5. The van der Waals surface area contributed by atoms with Crippen LogP contribution in [0.15, 0.2) is 36.5 Å². The highest BCUT2D eigenvalue weighted by molar-refractivity contribution is 5.80. The summed E-state index contributed by atoms with van der Waals surface area (Å²) in [5, 5.41) is 9.06. The molecule has 3 fully saturated rings. The maximum absolute atomic E-state index is 13.0. The molecule has 3 aliphatic rings. The highest BCUT2D eigenvalue weighted by Crippen LogP contribution is 2.49. The predicted octanol–water partition coefficient (Wildman–Crippen LogP) is 5.91. The topological polar surface area (TPSA) is 91.3 Å². The number of carbonyl (C=O) groups is 1. The zero-order valence-corrected chi connectivity index (χ0v) is 21.0. The monoisotopic (exact) mass is 528 g/mol. The Balaban J connectivity index is 1.01. The number of aliphatic carboxylic acids is 1. The lowest BCUT2D eigenvalue weighted by Crippen LogP contribution is -2.38. The van der Waals surface area contributed by atoms with Crippen LogP contribution < -0.4 is 4.90 Å². The summed E-state index contributed by atoms with van der Waals surface area (Å²) in [4.78, 5) is 25.3. The number of benzene rings is 1. The van der Waals surface area contributed by atoms with Gasteiger partial charge in [-0.05, 0) is 86.6 Å². The third-order valence-corrected chi connectivity index (χ3v) is 8.51. The van der Waals surface area contributed by atoms with Gasteiger partial charge in [0.15, 0.2) is 0 Å². The maximum Gasteiger partial charge on any atom is 0.416 e. The van der Waals surface area contributed by atoms with E-state index in [0.29, 0.717) is 52.7 Å². The number of carboxylic acid groups (broad SMARTS) is 1. The minimum Gasteiger partial charge on any atom is -0.481 e. The zero-order valence-electron chi connectivity index (χ0n) is 21.0. The van der Waals surface area contributed by atoms with Crippen molar-refractivity contribution in [1.82, 2.24) is 15.0 Å². The van der Waals surface area contributed by atoms with Crippen molar-refractivity contribution in [1.29, 1.82) is 0 Å². The van der Waals surface area contributed by atoms with E-state index in [1.807, 2.05) is 12.1 Å². The van der Waals surface area contributed by atoms with Gasteiger partial charge < -0.3 is 19.7 Å². The number of pyridine rings is 1. The predicted molar refractivity (Wildman–Crippen MR) is 136 cm³/mol. The van der Waals surface area contributed by atoms with Crippen LogP contribution in [-0.2, 0) is 15.7 Å². The molecule has 7 nitrogen and oxygen atoms in total. The second-order valence-electron chi connectivity index (χ2n) is 11.1. The average molecular weight is 529 g/mol. The summed E-state index contributed by atoms with van der Waals surface area (Å²) in [7, 11) is 0. The molecule has 2 aromatic heterocycles. The number of nitrogens with one attached hydrogen (secondary N) is 1. The fraction of sp³-hybridized carbons (Fsp3) is 0.536. The van der Waals surface area contributed by atoms with Crippen LogP contribution >= 0.6 is 0 Å². The lowest BCUT2D eigenvalue weighted by molar-refractivity contribution is -0.138. The van der Waals surface area contributed by atoms with Gasteiger partial charge in [-0.15, -0.1) is 0 Å². The Morgan fingerprint density at radius 2 is 1.79 bits per heavy atom. The van der Waals surface area contributed by atoms with E-state index in [1.165, 1.54) is 6.07 Å². The maximum atomic E-state index is 13.0. The van der Waals surface area contributed by atoms with Crippen molar-refractivity contribution in [2.75, 3.05) is 18.0 Å². The van der Waals surface area contributed by atoms with Crippen molar-refractivity contribution < 1.29 is 27.8 Å². The first kappa shape index (κ1) is 25.2. The number of anilines is 1. The molecule has 202 valence electrons. The highest BCUT2D eigenvalue weighted by Gasteiger charge is 2.43. The Morgan fingerprint density at radius 3 is 2.42 bits per heavy atom. The average Bonchev–Trinajstić information content (AvgIpc) is 3.56. The van der Waals surface area contributed by atoms with Gasteiger partial charge in [0.05, 0.1) is 28.8 Å². The van der Waals surface area contributed by atoms with Gasteiger partial charge in [-0.2, -0.15) is 13.2 Å². The summed E-state index contributed by atoms with van der Waals surface area (Å²) in [5.74, 6) is 2.23. The minimum atomic E-state index is -4.40. The van der Waals surface area contributed by atoms with Crippen LogP contribution in [0.4, 0.5) is 19.0 Å². The molecule has 0 amide bonds. The number of aromatic amines is 1. The van der Waals surface area contributed by atoms with Crippen molar-refractivity contribution in [3.63, 3.8) is 0 Å². The van der Waals surface area contributed by atoms with E-state index < -0.39 is 17.7 Å². The molecule has 6 rings (SSSR count). The number of carboxylic acids is 1. The van der Waals surface area contributed by atoms with Crippen LogP contribution in [0.2, 0.25) is 0 Å². The third-order valence-electron chi connectivity index (χ3n) is 8.51. The van der Waals surface area contributed by atoms with Crippen LogP contribution in [0.1, 0.15) is 50.5 Å². The molecule has 1 saturated heterocycles. The smallest absolute Gasteiger partial charge is 0.416 e. The molecule has 10 heteroatoms. The molecule has 2 atom stereocenters. The molecule has 3 heterocycles. The van der Waals surface area contributed by atoms with E-state index in [4.69, 9.17) is 9.84 Å². The number of ether oxygens (including phenoxy) is 1. The summed E-state index contributed by atoms with van der Waals surface area (Å²) >= 11 is 0. The van der Waals surface area contributed by atoms with Crippen LogP contribution in [0.5, 0.6) is 0 Å². The van der Waals surface area contributed by atoms with E-state index in [-0.39, 0.29) is 6.10 Å². The third kappa shape index (κ3) is 5.23. The van der Waals surface area contributed by atoms with Crippen molar-refractivity contribution in [3.8, 4) is 11.4 Å². The molecule has 0 radical (unpaired) electrons. The Bertz CT molecular complexity index is 1290. The minimum absolute atomic E-state index is 0.237. The van der Waals surface area contributed by atoms with E-state index in [2.05, 4.69) is 19.9 Å². The van der Waals surface area contributed by atoms with Gasteiger partial charge in [-0.1, -0.05) is 0 Å². The van der Waals surface area contributed by atoms with Crippen molar-refractivity contribution in [2.45, 2.75) is 63.3 Å². The van der Waals surface area contributed by atoms with Crippen molar-refractivity contribution >= 4 is 22.8 Å². The van der Waals surface area contributed by atoms with Gasteiger partial charge >= 0.3 is 12.1 Å². The first-order chi connectivity index (χ1) is 18.2. The van der Waals surface area contributed by atoms with E-state index >= 15 is 0 Å². The SMILES string of the molecule is O=C(O)CC1CC2CC(OC3CCN(c4ccc(-c5nc6ccc(C(F)(F)F)cc6[nH]5)cn4)CC3)CC2C1. The number of fused-ring (bicyclic) bond motifs is 2. The lowest BCUT2D eigenvalue weighted by atomic mass is 9.99. The van der Waals surface area contributed by atoms with Crippen molar-refractivity contribution in [3.05, 3.63) is 42.1 Å². The first-order valence-corrected chi connectivity index (χ1v) is 13.4. The summed E-state index contributed by atoms with van der Waals surface area (Å²) in [6.45, 7) is 1.70. The fourth-order valence-corrected chi connectivity index (χ4v) is 6.74. The van der Waals surface area contributed by atoms with E-state index in [9.17, 15) is 18.0 Å². The fourth-order valence-electron chi connectivity index (χ4n) is 6.74. The van der Waals surface area contributed by atoms with Crippen molar-refractivity contribution in [2.24, 2.45) is 17.8 Å². The van der Waals surface area contributed by atoms with Gasteiger partial charge in [-0.25, -0.2) is 9.97 Å². The zero-order chi connectivity index (χ0) is 26.4. The number of H-pyrrole nitrogens is 1. The Hall–Kier alpha value is -3.14. The molecule has 0 bridgehead atoms. The number of aromatic nitrogens is 3. The summed E-state index contributed by atoms with van der Waals surface area (Å²) < 4.78 is 45.5. The molecule has 2 aliphatic carbocycles. The molecule has 1 aromatic carbocycles. The number of halogens is 3. The molecule has 3 aromatic rings. The summed E-state index contributed by atoms with van der Waals surface area (Å²) in [6, 6.07) is 7.31. The number of nitrogens with zero attached hydrogens (tertiary/aromatic N) is 3. The van der Waals surface area contributed by atoms with Crippen LogP contribution in [0.25, 0.3) is 22.4 Å². The largest absolute Gasteiger partial charge is 0.481 e. The molecule has 2 saturated carbocycles. The molecule has 2 N–H and O–H groups in total. The van der Waals surface area contributed by atoms with Gasteiger partial charge in [0, 0.05) is 31.3 Å². The second-order valence-corrected chi connectivity index (χ2v) is 11.1. The lowest BCUT2D eigenvalue weighted by Gasteiger charge is -2.34. The number of piperidine rings is 1. The summed E-state index contributed by atoms with van der Waals surface area (Å²) in [5.41, 5.74) is 0.826. The van der Waals surface area contributed by atoms with Gasteiger partial charge in [0.25, 0.3) is 0 Å². The second kappa shape index (κ2) is 9.87. The van der Waals surface area contributed by atoms with E-state index in [1.54, 1.807) is 6.20 Å². The number of rotatable bonds is 6. The van der Waals surface area contributed by atoms with Gasteiger partial charge in [-0.3, -0.25) is 4.79 Å². The normalized spacial score (nSPS) is 26.2. The Morgan fingerprint density at radius 1 is 1.05 bits per heavy atom. The van der Waals surface area contributed by atoms with Gasteiger partial charge in [0.1, 0.15) is 11.6 Å². The standard InChI is InChI=1S/C28H31F3N4O3/c29-28(30,31)20-2-3-23-24(14-20)34-27(33-23)17-1-4-25(32-15-17)35-7-5-21(6-8-35)38-22-12-18-9-16(11-26(36)37)10-19(18)13-22/h1-4,14-16,18-19,21-22H,5-13H2,(H,33,34)(H,36,37). The van der Waals surface area contributed by atoms with Gasteiger partial charge in [0.2, 0.25) is 0 Å². The van der Waals surface area contributed by atoms with Crippen LogP contribution in [-0.4, -0.2) is 51.3 Å². The Kier molecular flexibility index (Phi) is 6.53. The molecule has 1 aliphatic heterocycles. The molecular formula is C28H31F3N4O3. The van der Waals surface area contributed by atoms with Crippen LogP contribution in [0.3, 0.4) is 0 Å². The molecule has 0 spiro atoms. The first-order valence-electron chi connectivity index (χ1n) is 13.4. The molecular weight excluding hydrogens is 497 g/mol. The Labute approximate surface area is 218 Å². The molecule has 38 heavy (non-hydrogen) atoms. The van der Waals surface area contributed by atoms with Crippen LogP contribution in [0, 0.1) is 17.8 Å². The van der Waals surface area contributed by atoms with E-state index in [0.717, 1.165) is 69.6 Å². The number of hydrogen-bond donors (Lipinski definition) is 2. The molecule has 2 unspecified atom stereocenters. The number of imidazole rings is 1.